The van der Waals surface area contributed by atoms with Crippen LogP contribution in [0.4, 0.5) is 13.2 Å². The van der Waals surface area contributed by atoms with Gasteiger partial charge in [-0.1, -0.05) is 44.2 Å². The molecule has 0 fully saturated rings. The number of carbonyl (C=O) groups excluding carboxylic acids is 1. The summed E-state index contributed by atoms with van der Waals surface area (Å²) < 4.78 is 44.5. The fraction of sp³-hybridized carbons (Fsp3) is 0.304. The number of oxazole rings is 1. The molecule has 3 aromatic rings. The molecule has 158 valence electrons. The van der Waals surface area contributed by atoms with E-state index in [1.165, 1.54) is 12.1 Å². The van der Waals surface area contributed by atoms with E-state index in [4.69, 9.17) is 4.42 Å². The minimum atomic E-state index is -4.42. The third-order valence-corrected chi connectivity index (χ3v) is 4.60. The van der Waals surface area contributed by atoms with Crippen LogP contribution in [0.2, 0.25) is 0 Å². The molecule has 0 unspecified atom stereocenters. The van der Waals surface area contributed by atoms with Crippen molar-refractivity contribution in [2.45, 2.75) is 32.9 Å². The quantitative estimate of drug-likeness (QED) is 0.455. The molecule has 30 heavy (non-hydrogen) atoms. The van der Waals surface area contributed by atoms with Crippen LogP contribution < -0.4 is 0 Å². The van der Waals surface area contributed by atoms with Crippen molar-refractivity contribution in [1.82, 2.24) is 9.88 Å². The van der Waals surface area contributed by atoms with Crippen molar-refractivity contribution in [3.8, 4) is 22.8 Å². The van der Waals surface area contributed by atoms with Gasteiger partial charge in [-0.05, 0) is 37.1 Å². The highest BCUT2D eigenvalue weighted by Crippen LogP contribution is 2.33. The molecule has 1 heterocycles. The van der Waals surface area contributed by atoms with Crippen LogP contribution >= 0.6 is 0 Å². The van der Waals surface area contributed by atoms with E-state index >= 15 is 0 Å². The van der Waals surface area contributed by atoms with Gasteiger partial charge in [0.15, 0.2) is 11.5 Å². The van der Waals surface area contributed by atoms with E-state index < -0.39 is 11.7 Å². The van der Waals surface area contributed by atoms with Crippen molar-refractivity contribution in [1.29, 1.82) is 0 Å². The first kappa shape index (κ1) is 21.6. The van der Waals surface area contributed by atoms with Crippen LogP contribution in [0.25, 0.3) is 22.8 Å². The Morgan fingerprint density at radius 2 is 1.53 bits per heavy atom. The molecule has 3 rings (SSSR count). The third-order valence-electron chi connectivity index (χ3n) is 4.60. The Balaban J connectivity index is 2.05. The Morgan fingerprint density at radius 1 is 0.933 bits per heavy atom. The summed E-state index contributed by atoms with van der Waals surface area (Å²) in [6.45, 7) is 5.15. The van der Waals surface area contributed by atoms with Gasteiger partial charge in [0.05, 0.1) is 5.56 Å². The van der Waals surface area contributed by atoms with Gasteiger partial charge in [-0.25, -0.2) is 4.98 Å². The first-order valence-electron chi connectivity index (χ1n) is 9.88. The van der Waals surface area contributed by atoms with Crippen molar-refractivity contribution >= 4 is 5.91 Å². The zero-order valence-corrected chi connectivity index (χ0v) is 16.9. The SMILES string of the molecule is CCCN(CCC)C(=O)c1nc(-c2ccc(C(F)(F)F)cc2)oc1-c1ccccc1. The maximum absolute atomic E-state index is 13.2. The Bertz CT molecular complexity index is 974. The standard InChI is InChI=1S/C23H23F3N2O2/c1-3-14-28(15-4-2)22(29)19-20(16-8-6-5-7-9-16)30-21(27-19)17-10-12-18(13-11-17)23(24,25)26/h5-13H,3-4,14-15H2,1-2H3. The highest BCUT2D eigenvalue weighted by atomic mass is 19.4. The van der Waals surface area contributed by atoms with Crippen molar-refractivity contribution in [3.05, 3.63) is 65.9 Å². The van der Waals surface area contributed by atoms with E-state index in [-0.39, 0.29) is 17.5 Å². The zero-order valence-electron chi connectivity index (χ0n) is 16.9. The average molecular weight is 416 g/mol. The monoisotopic (exact) mass is 416 g/mol. The molecular formula is C23H23F3N2O2. The minimum absolute atomic E-state index is 0.110. The van der Waals surface area contributed by atoms with Crippen molar-refractivity contribution in [3.63, 3.8) is 0 Å². The fourth-order valence-corrected chi connectivity index (χ4v) is 3.18. The van der Waals surface area contributed by atoms with Crippen LogP contribution in [0.5, 0.6) is 0 Å². The number of nitrogens with zero attached hydrogens (tertiary/aromatic N) is 2. The number of hydrogen-bond donors (Lipinski definition) is 0. The predicted molar refractivity (Wildman–Crippen MR) is 109 cm³/mol. The summed E-state index contributed by atoms with van der Waals surface area (Å²) in [5, 5.41) is 0. The molecule has 0 bridgehead atoms. The molecule has 0 spiro atoms. The number of carbonyl (C=O) groups is 1. The highest BCUT2D eigenvalue weighted by Gasteiger charge is 2.31. The summed E-state index contributed by atoms with van der Waals surface area (Å²) in [6, 6.07) is 13.6. The van der Waals surface area contributed by atoms with E-state index in [1.807, 2.05) is 32.0 Å². The molecule has 0 saturated heterocycles. The van der Waals surface area contributed by atoms with Gasteiger partial charge in [0.2, 0.25) is 5.89 Å². The molecule has 0 saturated carbocycles. The lowest BCUT2D eigenvalue weighted by Crippen LogP contribution is -2.33. The summed E-state index contributed by atoms with van der Waals surface area (Å²) in [4.78, 5) is 19.3. The van der Waals surface area contributed by atoms with E-state index in [1.54, 1.807) is 17.0 Å². The molecule has 4 nitrogen and oxygen atoms in total. The first-order chi connectivity index (χ1) is 14.3. The summed E-state index contributed by atoms with van der Waals surface area (Å²) in [5.74, 6) is 0.172. The third kappa shape index (κ3) is 4.72. The maximum atomic E-state index is 13.2. The van der Waals surface area contributed by atoms with Crippen molar-refractivity contribution in [2.75, 3.05) is 13.1 Å². The largest absolute Gasteiger partial charge is 0.435 e. The molecule has 0 radical (unpaired) electrons. The van der Waals surface area contributed by atoms with Gasteiger partial charge in [-0.2, -0.15) is 13.2 Å². The first-order valence-corrected chi connectivity index (χ1v) is 9.88. The van der Waals surface area contributed by atoms with Crippen LogP contribution in [0, 0.1) is 0 Å². The fourth-order valence-electron chi connectivity index (χ4n) is 3.18. The number of hydrogen-bond acceptors (Lipinski definition) is 3. The second-order valence-electron chi connectivity index (χ2n) is 6.93. The Kier molecular flexibility index (Phi) is 6.59. The molecular weight excluding hydrogens is 393 g/mol. The summed E-state index contributed by atoms with van der Waals surface area (Å²) in [5.41, 5.74) is 0.462. The number of rotatable bonds is 7. The molecule has 0 aliphatic rings. The van der Waals surface area contributed by atoms with Gasteiger partial charge in [-0.3, -0.25) is 4.79 Å². The van der Waals surface area contributed by atoms with Crippen LogP contribution in [0.3, 0.4) is 0 Å². The number of halogens is 3. The number of benzene rings is 2. The van der Waals surface area contributed by atoms with Gasteiger partial charge in [0, 0.05) is 24.2 Å². The molecule has 1 amide bonds. The maximum Gasteiger partial charge on any atom is 0.416 e. The van der Waals surface area contributed by atoms with Gasteiger partial charge >= 0.3 is 6.18 Å². The van der Waals surface area contributed by atoms with Gasteiger partial charge < -0.3 is 9.32 Å². The van der Waals surface area contributed by atoms with Crippen LogP contribution in [-0.2, 0) is 6.18 Å². The van der Waals surface area contributed by atoms with Crippen molar-refractivity contribution < 1.29 is 22.4 Å². The lowest BCUT2D eigenvalue weighted by atomic mass is 10.1. The molecule has 1 aromatic heterocycles. The van der Waals surface area contributed by atoms with Crippen LogP contribution in [0.15, 0.2) is 59.0 Å². The van der Waals surface area contributed by atoms with Crippen molar-refractivity contribution in [2.24, 2.45) is 0 Å². The normalized spacial score (nSPS) is 11.5. The topological polar surface area (TPSA) is 46.3 Å². The minimum Gasteiger partial charge on any atom is -0.435 e. The second kappa shape index (κ2) is 9.15. The molecule has 2 aromatic carbocycles. The number of alkyl halides is 3. The van der Waals surface area contributed by atoms with Crippen LogP contribution in [-0.4, -0.2) is 28.9 Å². The Morgan fingerprint density at radius 3 is 2.07 bits per heavy atom. The number of amides is 1. The van der Waals surface area contributed by atoms with E-state index in [2.05, 4.69) is 4.98 Å². The molecule has 0 N–H and O–H groups in total. The summed E-state index contributed by atoms with van der Waals surface area (Å²) in [6.07, 6.45) is -2.82. The average Bonchev–Trinajstić information content (AvgIpc) is 3.19. The summed E-state index contributed by atoms with van der Waals surface area (Å²) in [7, 11) is 0. The second-order valence-corrected chi connectivity index (χ2v) is 6.93. The van der Waals surface area contributed by atoms with E-state index in [9.17, 15) is 18.0 Å². The molecule has 0 atom stereocenters. The Hall–Kier alpha value is -3.09. The van der Waals surface area contributed by atoms with Gasteiger partial charge in [-0.15, -0.1) is 0 Å². The van der Waals surface area contributed by atoms with E-state index in [0.29, 0.717) is 30.0 Å². The highest BCUT2D eigenvalue weighted by molar-refractivity contribution is 5.98. The smallest absolute Gasteiger partial charge is 0.416 e. The van der Waals surface area contributed by atoms with Crippen LogP contribution in [0.1, 0.15) is 42.7 Å². The zero-order chi connectivity index (χ0) is 21.7. The molecule has 0 aliphatic heterocycles. The number of aromatic nitrogens is 1. The lowest BCUT2D eigenvalue weighted by Gasteiger charge is -2.20. The summed E-state index contributed by atoms with van der Waals surface area (Å²) >= 11 is 0. The predicted octanol–water partition coefficient (Wildman–Crippen LogP) is 6.29. The lowest BCUT2D eigenvalue weighted by molar-refractivity contribution is -0.137. The Labute approximate surface area is 173 Å². The van der Waals surface area contributed by atoms with Gasteiger partial charge in [0.1, 0.15) is 0 Å². The molecule has 0 aliphatic carbocycles. The molecule has 7 heteroatoms. The van der Waals surface area contributed by atoms with E-state index in [0.717, 1.165) is 25.0 Å². The van der Waals surface area contributed by atoms with Gasteiger partial charge in [0.25, 0.3) is 5.91 Å².